The van der Waals surface area contributed by atoms with Crippen molar-refractivity contribution >= 4 is 50.4 Å². The highest BCUT2D eigenvalue weighted by Gasteiger charge is 2.35. The third kappa shape index (κ3) is 5.02. The molecular formula is C15H10ClF3N2O2S2. The number of hydrogen-bond donors (Lipinski definition) is 1. The zero-order valence-electron chi connectivity index (χ0n) is 12.6. The Labute approximate surface area is 152 Å². The molecule has 0 saturated heterocycles. The number of thiocarbonyl (C=S) groups is 1. The SMILES string of the molecule is CS(=O)(=O)Nc1cccc(-c2c(Cl)cc(N=C=S)cc2C(F)(F)F)c1. The van der Waals surface area contributed by atoms with Crippen LogP contribution in [0, 0.1) is 0 Å². The van der Waals surface area contributed by atoms with Crippen LogP contribution in [0.5, 0.6) is 0 Å². The van der Waals surface area contributed by atoms with Crippen LogP contribution in [-0.2, 0) is 16.2 Å². The minimum atomic E-state index is -4.70. The predicted molar refractivity (Wildman–Crippen MR) is 95.0 cm³/mol. The molecule has 0 spiro atoms. The van der Waals surface area contributed by atoms with Gasteiger partial charge in [0.05, 0.1) is 27.7 Å². The summed E-state index contributed by atoms with van der Waals surface area (Å²) in [7, 11) is -3.58. The van der Waals surface area contributed by atoms with Crippen LogP contribution < -0.4 is 4.72 Å². The predicted octanol–water partition coefficient (Wildman–Crippen LogP) is 5.13. The normalized spacial score (nSPS) is 11.7. The summed E-state index contributed by atoms with van der Waals surface area (Å²) in [5.74, 6) is 0. The molecule has 0 aliphatic rings. The number of nitrogens with one attached hydrogen (secondary N) is 1. The van der Waals surface area contributed by atoms with Crippen LogP contribution in [0.4, 0.5) is 24.5 Å². The van der Waals surface area contributed by atoms with Gasteiger partial charge in [-0.15, -0.1) is 0 Å². The minimum absolute atomic E-state index is 0.0820. The van der Waals surface area contributed by atoms with Gasteiger partial charge in [0.25, 0.3) is 0 Å². The molecule has 2 rings (SSSR count). The first-order valence-corrected chi connectivity index (χ1v) is 9.26. The lowest BCUT2D eigenvalue weighted by Crippen LogP contribution is -2.10. The molecule has 0 atom stereocenters. The first-order chi connectivity index (χ1) is 11.5. The van der Waals surface area contributed by atoms with Gasteiger partial charge >= 0.3 is 6.18 Å². The van der Waals surface area contributed by atoms with Gasteiger partial charge in [-0.25, -0.2) is 8.42 Å². The summed E-state index contributed by atoms with van der Waals surface area (Å²) in [6.45, 7) is 0. The maximum atomic E-state index is 13.4. The molecule has 0 aromatic heterocycles. The molecule has 0 fully saturated rings. The van der Waals surface area contributed by atoms with Crippen molar-refractivity contribution in [3.05, 3.63) is 47.0 Å². The van der Waals surface area contributed by atoms with E-state index in [0.717, 1.165) is 12.3 Å². The second-order valence-electron chi connectivity index (χ2n) is 5.01. The summed E-state index contributed by atoms with van der Waals surface area (Å²) < 4.78 is 65.2. The number of rotatable bonds is 4. The van der Waals surface area contributed by atoms with Gasteiger partial charge in [-0.05, 0) is 42.0 Å². The van der Waals surface area contributed by atoms with E-state index in [-0.39, 0.29) is 27.5 Å². The van der Waals surface area contributed by atoms with Crippen molar-refractivity contribution in [1.29, 1.82) is 0 Å². The number of isothiocyanates is 1. The summed E-state index contributed by atoms with van der Waals surface area (Å²) >= 11 is 10.4. The zero-order valence-corrected chi connectivity index (χ0v) is 14.9. The first kappa shape index (κ1) is 19.4. The number of aliphatic imine (C=N–C) groups is 1. The molecule has 4 nitrogen and oxygen atoms in total. The molecule has 0 saturated carbocycles. The average Bonchev–Trinajstić information content (AvgIpc) is 2.44. The van der Waals surface area contributed by atoms with Gasteiger partial charge in [-0.1, -0.05) is 23.7 Å². The Kier molecular flexibility index (Phi) is 5.53. The highest BCUT2D eigenvalue weighted by atomic mass is 35.5. The Morgan fingerprint density at radius 3 is 2.48 bits per heavy atom. The summed E-state index contributed by atoms with van der Waals surface area (Å²) in [5.41, 5.74) is -1.16. The van der Waals surface area contributed by atoms with Gasteiger partial charge in [-0.3, -0.25) is 4.72 Å². The maximum absolute atomic E-state index is 13.4. The summed E-state index contributed by atoms with van der Waals surface area (Å²) in [6, 6.07) is 7.52. The molecule has 25 heavy (non-hydrogen) atoms. The third-order valence-electron chi connectivity index (χ3n) is 3.01. The summed E-state index contributed by atoms with van der Waals surface area (Å²) in [4.78, 5) is 3.53. The second kappa shape index (κ2) is 7.13. The van der Waals surface area contributed by atoms with Crippen molar-refractivity contribution in [3.63, 3.8) is 0 Å². The van der Waals surface area contributed by atoms with Crippen LogP contribution in [-0.4, -0.2) is 19.8 Å². The molecule has 0 aliphatic carbocycles. The van der Waals surface area contributed by atoms with E-state index in [4.69, 9.17) is 11.6 Å². The Balaban J connectivity index is 2.70. The zero-order chi connectivity index (χ0) is 18.8. The fraction of sp³-hybridized carbons (Fsp3) is 0.133. The van der Waals surface area contributed by atoms with Gasteiger partial charge in [-0.2, -0.15) is 18.2 Å². The molecule has 132 valence electrons. The Bertz CT molecular complexity index is 969. The van der Waals surface area contributed by atoms with Gasteiger partial charge in [0.1, 0.15) is 0 Å². The van der Waals surface area contributed by atoms with Crippen molar-refractivity contribution in [1.82, 2.24) is 0 Å². The van der Waals surface area contributed by atoms with E-state index < -0.39 is 21.8 Å². The molecule has 0 amide bonds. The molecule has 0 unspecified atom stereocenters. The summed E-state index contributed by atoms with van der Waals surface area (Å²) in [5, 5.41) is 1.79. The van der Waals surface area contributed by atoms with Gasteiger partial charge in [0.15, 0.2) is 0 Å². The Hall–Kier alpha value is -1.93. The number of sulfonamides is 1. The van der Waals surface area contributed by atoms with Crippen LogP contribution in [0.3, 0.4) is 0 Å². The molecule has 0 heterocycles. The smallest absolute Gasteiger partial charge is 0.284 e. The largest absolute Gasteiger partial charge is 0.417 e. The van der Waals surface area contributed by atoms with Gasteiger partial charge in [0.2, 0.25) is 10.0 Å². The van der Waals surface area contributed by atoms with Crippen LogP contribution in [0.2, 0.25) is 5.02 Å². The van der Waals surface area contributed by atoms with E-state index >= 15 is 0 Å². The van der Waals surface area contributed by atoms with E-state index in [2.05, 4.69) is 21.9 Å². The number of hydrogen-bond acceptors (Lipinski definition) is 4. The minimum Gasteiger partial charge on any atom is -0.284 e. The van der Waals surface area contributed by atoms with E-state index in [9.17, 15) is 21.6 Å². The monoisotopic (exact) mass is 406 g/mol. The fourth-order valence-corrected chi connectivity index (χ4v) is 3.16. The fourth-order valence-electron chi connectivity index (χ4n) is 2.18. The van der Waals surface area contributed by atoms with Crippen molar-refractivity contribution in [3.8, 4) is 11.1 Å². The first-order valence-electron chi connectivity index (χ1n) is 6.58. The maximum Gasteiger partial charge on any atom is 0.417 e. The molecule has 10 heteroatoms. The van der Waals surface area contributed by atoms with Gasteiger partial charge in [0, 0.05) is 11.3 Å². The van der Waals surface area contributed by atoms with E-state index in [1.54, 1.807) is 0 Å². The third-order valence-corrected chi connectivity index (χ3v) is 4.01. The number of halogens is 4. The van der Waals surface area contributed by atoms with Gasteiger partial charge < -0.3 is 0 Å². The molecule has 1 N–H and O–H groups in total. The highest BCUT2D eigenvalue weighted by molar-refractivity contribution is 7.92. The molecule has 2 aromatic rings. The van der Waals surface area contributed by atoms with E-state index in [0.29, 0.717) is 0 Å². The van der Waals surface area contributed by atoms with Crippen LogP contribution >= 0.6 is 23.8 Å². The lowest BCUT2D eigenvalue weighted by atomic mass is 9.98. The molecule has 0 aliphatic heterocycles. The number of anilines is 1. The second-order valence-corrected chi connectivity index (χ2v) is 7.34. The van der Waals surface area contributed by atoms with Crippen LogP contribution in [0.25, 0.3) is 11.1 Å². The number of benzene rings is 2. The highest BCUT2D eigenvalue weighted by Crippen LogP contribution is 2.43. The van der Waals surface area contributed by atoms with E-state index in [1.165, 1.54) is 30.3 Å². The molecule has 2 aromatic carbocycles. The Morgan fingerprint density at radius 2 is 1.92 bits per heavy atom. The van der Waals surface area contributed by atoms with Crippen LogP contribution in [0.15, 0.2) is 41.4 Å². The van der Waals surface area contributed by atoms with Crippen LogP contribution in [0.1, 0.15) is 5.56 Å². The molecule has 0 radical (unpaired) electrons. The Morgan fingerprint density at radius 1 is 1.24 bits per heavy atom. The summed E-state index contributed by atoms with van der Waals surface area (Å²) in [6.07, 6.45) is -3.77. The van der Waals surface area contributed by atoms with Crippen molar-refractivity contribution in [2.45, 2.75) is 6.18 Å². The quantitative estimate of drug-likeness (QED) is 0.565. The van der Waals surface area contributed by atoms with E-state index in [1.807, 2.05) is 5.16 Å². The van der Waals surface area contributed by atoms with Crippen molar-refractivity contribution in [2.24, 2.45) is 4.99 Å². The lowest BCUT2D eigenvalue weighted by Gasteiger charge is -2.16. The van der Waals surface area contributed by atoms with Crippen molar-refractivity contribution in [2.75, 3.05) is 11.0 Å². The number of alkyl halides is 3. The van der Waals surface area contributed by atoms with Crippen molar-refractivity contribution < 1.29 is 21.6 Å². The topological polar surface area (TPSA) is 58.5 Å². The molecular weight excluding hydrogens is 397 g/mol. The number of nitrogens with zero attached hydrogens (tertiary/aromatic N) is 1. The molecule has 0 bridgehead atoms. The standard InChI is InChI=1S/C15H10ClF3N2O2S2/c1-25(22,23)21-10-4-2-3-9(5-10)14-12(15(17,18)19)6-11(20-8-24)7-13(14)16/h2-7,21H,1H3. The average molecular weight is 407 g/mol. The lowest BCUT2D eigenvalue weighted by molar-refractivity contribution is -0.137.